The van der Waals surface area contributed by atoms with Gasteiger partial charge in [0.25, 0.3) is 0 Å². The second-order valence-electron chi connectivity index (χ2n) is 9.25. The molecule has 30 heavy (non-hydrogen) atoms. The molecule has 0 bridgehead atoms. The number of likely N-dealkylation sites (tertiary alicyclic amines) is 1. The zero-order valence-electron chi connectivity index (χ0n) is 20.1. The van der Waals surface area contributed by atoms with E-state index < -0.39 is 0 Å². The molecule has 0 N–H and O–H groups in total. The van der Waals surface area contributed by atoms with Crippen LogP contribution in [0.2, 0.25) is 0 Å². The molecule has 1 saturated heterocycles. The van der Waals surface area contributed by atoms with Gasteiger partial charge in [-0.25, -0.2) is 0 Å². The highest BCUT2D eigenvalue weighted by Crippen LogP contribution is 2.19. The van der Waals surface area contributed by atoms with Crippen LogP contribution in [0.4, 0.5) is 0 Å². The molecular weight excluding hydrogens is 380 g/mol. The molecular formula is C24H44N2O4. The summed E-state index contributed by atoms with van der Waals surface area (Å²) in [6, 6.07) is 0. The average molecular weight is 425 g/mol. The molecule has 0 saturated carbocycles. The smallest absolute Gasteiger partial charge is 0.232 e. The van der Waals surface area contributed by atoms with E-state index in [4.69, 9.17) is 0 Å². The number of carbonyl (C=O) groups is 4. The molecule has 2 unspecified atom stereocenters. The van der Waals surface area contributed by atoms with Crippen LogP contribution >= 0.6 is 0 Å². The minimum atomic E-state index is -0.161. The molecule has 1 rings (SSSR count). The van der Waals surface area contributed by atoms with Crippen molar-refractivity contribution in [2.45, 2.75) is 99.3 Å². The first-order valence-corrected chi connectivity index (χ1v) is 11.7. The van der Waals surface area contributed by atoms with E-state index in [1.807, 2.05) is 13.8 Å². The molecule has 1 fully saturated rings. The van der Waals surface area contributed by atoms with Gasteiger partial charge >= 0.3 is 0 Å². The van der Waals surface area contributed by atoms with Crippen LogP contribution in [0, 0.1) is 17.8 Å². The number of nitrogens with zero attached hydrogens (tertiary/aromatic N) is 2. The first-order valence-electron chi connectivity index (χ1n) is 11.7. The lowest BCUT2D eigenvalue weighted by Crippen LogP contribution is -2.31. The van der Waals surface area contributed by atoms with Crippen molar-refractivity contribution in [1.82, 2.24) is 9.80 Å². The van der Waals surface area contributed by atoms with Gasteiger partial charge in [0.2, 0.25) is 24.1 Å². The Labute approximate surface area is 183 Å². The van der Waals surface area contributed by atoms with Crippen molar-refractivity contribution < 1.29 is 19.2 Å². The van der Waals surface area contributed by atoms with Crippen LogP contribution in [-0.2, 0) is 19.2 Å². The van der Waals surface area contributed by atoms with Gasteiger partial charge < -0.3 is 0 Å². The third-order valence-electron chi connectivity index (χ3n) is 5.17. The highest BCUT2D eigenvalue weighted by molar-refractivity contribution is 6.03. The number of rotatable bonds is 13. The maximum Gasteiger partial charge on any atom is 0.232 e. The summed E-state index contributed by atoms with van der Waals surface area (Å²) in [5.74, 6) is 0.821. The standard InChI is InChI=1S/C20H34N2O4.C4H10/c1-4-16(2)13-18(24)21(15-23)11-9-7-5-6-8-10-12-22-19(25)14-17(3)20(22)26;1-4(2)3/h15-17H,4-14H2,1-3H3;4H,1-3H3. The van der Waals surface area contributed by atoms with Crippen molar-refractivity contribution >= 4 is 24.1 Å². The van der Waals surface area contributed by atoms with Gasteiger partial charge in [-0.05, 0) is 24.7 Å². The lowest BCUT2D eigenvalue weighted by atomic mass is 10.0. The molecule has 4 amide bonds. The predicted molar refractivity (Wildman–Crippen MR) is 121 cm³/mol. The van der Waals surface area contributed by atoms with Gasteiger partial charge in [0.15, 0.2) is 0 Å². The molecule has 1 heterocycles. The summed E-state index contributed by atoms with van der Waals surface area (Å²) < 4.78 is 0. The molecule has 0 aliphatic carbocycles. The Kier molecular flexibility index (Phi) is 15.1. The van der Waals surface area contributed by atoms with Crippen LogP contribution in [0.3, 0.4) is 0 Å². The minimum absolute atomic E-state index is 0.0361. The molecule has 1 aliphatic heterocycles. The number of carbonyl (C=O) groups excluding carboxylic acids is 4. The largest absolute Gasteiger partial charge is 0.285 e. The zero-order valence-corrected chi connectivity index (χ0v) is 20.1. The van der Waals surface area contributed by atoms with Crippen molar-refractivity contribution in [2.75, 3.05) is 13.1 Å². The number of hydrogen-bond acceptors (Lipinski definition) is 4. The summed E-state index contributed by atoms with van der Waals surface area (Å²) in [7, 11) is 0. The Balaban J connectivity index is 0.00000192. The van der Waals surface area contributed by atoms with Crippen LogP contribution in [0.15, 0.2) is 0 Å². The van der Waals surface area contributed by atoms with E-state index in [9.17, 15) is 19.2 Å². The molecule has 2 atom stereocenters. The number of hydrogen-bond donors (Lipinski definition) is 0. The summed E-state index contributed by atoms with van der Waals surface area (Å²) in [4.78, 5) is 49.2. The van der Waals surface area contributed by atoms with Crippen molar-refractivity contribution in [3.63, 3.8) is 0 Å². The molecule has 1 aliphatic rings. The lowest BCUT2D eigenvalue weighted by Gasteiger charge is -2.17. The summed E-state index contributed by atoms with van der Waals surface area (Å²) in [5, 5.41) is 0. The monoisotopic (exact) mass is 424 g/mol. The first-order chi connectivity index (χ1) is 14.1. The van der Waals surface area contributed by atoms with E-state index in [0.717, 1.165) is 50.9 Å². The van der Waals surface area contributed by atoms with Crippen molar-refractivity contribution in [2.24, 2.45) is 17.8 Å². The fourth-order valence-corrected chi connectivity index (χ4v) is 3.14. The summed E-state index contributed by atoms with van der Waals surface area (Å²) >= 11 is 0. The van der Waals surface area contributed by atoms with E-state index in [1.165, 1.54) is 9.80 Å². The van der Waals surface area contributed by atoms with Gasteiger partial charge in [0.1, 0.15) is 0 Å². The SMILES string of the molecule is CC(C)C.CCC(C)CC(=O)N(C=O)CCCCCCCCN1C(=O)CC(C)C1=O. The average Bonchev–Trinajstić information content (AvgIpc) is 2.91. The van der Waals surface area contributed by atoms with Gasteiger partial charge in [-0.3, -0.25) is 29.0 Å². The molecule has 0 aromatic heterocycles. The molecule has 174 valence electrons. The lowest BCUT2D eigenvalue weighted by molar-refractivity contribution is -0.140. The topological polar surface area (TPSA) is 74.8 Å². The van der Waals surface area contributed by atoms with Crippen LogP contribution in [0.5, 0.6) is 0 Å². The van der Waals surface area contributed by atoms with E-state index in [0.29, 0.717) is 38.3 Å². The van der Waals surface area contributed by atoms with E-state index in [-0.39, 0.29) is 23.6 Å². The van der Waals surface area contributed by atoms with Gasteiger partial charge in [-0.1, -0.05) is 73.6 Å². The van der Waals surface area contributed by atoms with E-state index in [1.54, 1.807) is 6.92 Å². The Morgan fingerprint density at radius 3 is 2.07 bits per heavy atom. The summed E-state index contributed by atoms with van der Waals surface area (Å²) in [6.07, 6.45) is 8.06. The van der Waals surface area contributed by atoms with Gasteiger partial charge in [-0.2, -0.15) is 0 Å². The van der Waals surface area contributed by atoms with Crippen LogP contribution in [0.25, 0.3) is 0 Å². The second-order valence-corrected chi connectivity index (χ2v) is 9.25. The second kappa shape index (κ2) is 16.0. The Bertz CT molecular complexity index is 531. The summed E-state index contributed by atoms with van der Waals surface area (Å²) in [5.41, 5.74) is 0. The fourth-order valence-electron chi connectivity index (χ4n) is 3.14. The molecule has 0 aromatic carbocycles. The fraction of sp³-hybridized carbons (Fsp3) is 0.833. The Morgan fingerprint density at radius 1 is 1.07 bits per heavy atom. The number of amides is 4. The van der Waals surface area contributed by atoms with Gasteiger partial charge in [0.05, 0.1) is 0 Å². The first kappa shape index (κ1) is 28.3. The van der Waals surface area contributed by atoms with Crippen LogP contribution in [0.1, 0.15) is 99.3 Å². The third-order valence-corrected chi connectivity index (χ3v) is 5.17. The Morgan fingerprint density at radius 2 is 1.60 bits per heavy atom. The minimum Gasteiger partial charge on any atom is -0.285 e. The van der Waals surface area contributed by atoms with Crippen molar-refractivity contribution in [3.8, 4) is 0 Å². The Hall–Kier alpha value is -1.72. The van der Waals surface area contributed by atoms with E-state index in [2.05, 4.69) is 20.8 Å². The highest BCUT2D eigenvalue weighted by atomic mass is 16.2. The zero-order chi connectivity index (χ0) is 23.1. The van der Waals surface area contributed by atoms with Gasteiger partial charge in [0, 0.05) is 31.8 Å². The third kappa shape index (κ3) is 12.1. The van der Waals surface area contributed by atoms with Crippen LogP contribution < -0.4 is 0 Å². The molecule has 0 radical (unpaired) electrons. The van der Waals surface area contributed by atoms with Crippen molar-refractivity contribution in [3.05, 3.63) is 0 Å². The van der Waals surface area contributed by atoms with E-state index >= 15 is 0 Å². The number of imide groups is 2. The highest BCUT2D eigenvalue weighted by Gasteiger charge is 2.34. The normalized spacial score (nSPS) is 17.0. The van der Waals surface area contributed by atoms with Gasteiger partial charge in [-0.15, -0.1) is 0 Å². The summed E-state index contributed by atoms with van der Waals surface area (Å²) in [6.45, 7) is 13.4. The maximum atomic E-state index is 12.0. The van der Waals surface area contributed by atoms with Crippen molar-refractivity contribution in [1.29, 1.82) is 0 Å². The molecule has 6 heteroatoms. The predicted octanol–water partition coefficient (Wildman–Crippen LogP) is 4.81. The molecule has 0 aromatic rings. The molecule has 6 nitrogen and oxygen atoms in total. The maximum absolute atomic E-state index is 12.0. The number of unbranched alkanes of at least 4 members (excludes halogenated alkanes) is 5. The van der Waals surface area contributed by atoms with Crippen LogP contribution in [-0.4, -0.2) is 47.0 Å². The quantitative estimate of drug-likeness (QED) is 0.242. The molecule has 0 spiro atoms.